The quantitative estimate of drug-likeness (QED) is 0.505. The molecule has 0 unspecified atom stereocenters. The molecule has 0 aliphatic heterocycles. The third-order valence-electron chi connectivity index (χ3n) is 3.40. The van der Waals surface area contributed by atoms with Crippen LogP contribution in [0.25, 0.3) is 22.4 Å². The number of nitrogens with zero attached hydrogens (tertiary/aromatic N) is 7. The van der Waals surface area contributed by atoms with Gasteiger partial charge in [0.2, 0.25) is 0 Å². The Labute approximate surface area is 137 Å². The van der Waals surface area contributed by atoms with E-state index in [0.717, 1.165) is 17.1 Å². The number of rotatable bonds is 2. The molecule has 4 aromatic heterocycles. The Morgan fingerprint density at radius 2 is 1.92 bits per heavy atom. The summed E-state index contributed by atoms with van der Waals surface area (Å²) in [5, 5.41) is 17.9. The molecule has 0 aliphatic carbocycles. The van der Waals surface area contributed by atoms with Gasteiger partial charge in [0.25, 0.3) is 0 Å². The first kappa shape index (κ1) is 14.7. The van der Waals surface area contributed by atoms with E-state index in [0.29, 0.717) is 16.6 Å². The van der Waals surface area contributed by atoms with Crippen LogP contribution in [0.5, 0.6) is 0 Å². The van der Waals surface area contributed by atoms with E-state index in [2.05, 4.69) is 20.2 Å². The van der Waals surface area contributed by atoms with Crippen LogP contribution in [0.15, 0.2) is 52.7 Å². The third kappa shape index (κ3) is 2.43. The Kier molecular flexibility index (Phi) is 3.13. The average Bonchev–Trinajstić information content (AvgIpc) is 3.03. The largest absolute Gasteiger partial charge is 0.421 e. The van der Waals surface area contributed by atoms with Gasteiger partial charge in [0.05, 0.1) is 24.3 Å². The van der Waals surface area contributed by atoms with E-state index in [1.165, 1.54) is 29.2 Å². The molecule has 0 radical (unpaired) electrons. The zero-order valence-electron chi connectivity index (χ0n) is 12.3. The van der Waals surface area contributed by atoms with Gasteiger partial charge in [-0.2, -0.15) is 14.9 Å². The van der Waals surface area contributed by atoms with Crippen molar-refractivity contribution >= 4 is 10.9 Å². The fourth-order valence-electron chi connectivity index (χ4n) is 2.24. The molecular formula is C14H8FN7O3. The molecule has 11 heteroatoms. The molecule has 124 valence electrons. The standard InChI is InChI=1S/C14H8FN7O3/c15-9-2-10(4-16-3-9)20-7-8-1-12(17-5-11(8)19-20)21-14(24)22(25)13(23)6-18-21/h1-7,25H. The summed E-state index contributed by atoms with van der Waals surface area (Å²) < 4.78 is 15.4. The molecule has 0 spiro atoms. The molecule has 25 heavy (non-hydrogen) atoms. The molecule has 1 N–H and O–H groups in total. The highest BCUT2D eigenvalue weighted by Gasteiger charge is 2.11. The van der Waals surface area contributed by atoms with Crippen LogP contribution in [0.1, 0.15) is 0 Å². The van der Waals surface area contributed by atoms with Crippen molar-refractivity contribution in [2.24, 2.45) is 0 Å². The van der Waals surface area contributed by atoms with Crippen LogP contribution in [-0.4, -0.2) is 39.5 Å². The first-order valence-electron chi connectivity index (χ1n) is 6.90. The van der Waals surface area contributed by atoms with Gasteiger partial charge >= 0.3 is 11.2 Å². The molecule has 10 nitrogen and oxygen atoms in total. The fourth-order valence-corrected chi connectivity index (χ4v) is 2.24. The second-order valence-electron chi connectivity index (χ2n) is 5.03. The zero-order valence-corrected chi connectivity index (χ0v) is 12.3. The lowest BCUT2D eigenvalue weighted by Gasteiger charge is -2.02. The second kappa shape index (κ2) is 5.33. The van der Waals surface area contributed by atoms with Crippen LogP contribution in [0.4, 0.5) is 4.39 Å². The van der Waals surface area contributed by atoms with Crippen LogP contribution in [0.3, 0.4) is 0 Å². The van der Waals surface area contributed by atoms with E-state index >= 15 is 0 Å². The molecule has 0 fully saturated rings. The van der Waals surface area contributed by atoms with Crippen molar-refractivity contribution < 1.29 is 9.60 Å². The molecule has 0 saturated heterocycles. The van der Waals surface area contributed by atoms with Crippen molar-refractivity contribution in [3.8, 4) is 11.5 Å². The number of hydrogen-bond donors (Lipinski definition) is 1. The Morgan fingerprint density at radius 3 is 2.72 bits per heavy atom. The molecule has 0 aliphatic rings. The lowest BCUT2D eigenvalue weighted by atomic mass is 10.3. The SMILES string of the molecule is O=c1cnn(-c2cc3cn(-c4cncc(F)c4)nc3cn2)c(=O)n1O. The minimum absolute atomic E-state index is 0.0687. The highest BCUT2D eigenvalue weighted by atomic mass is 19.1. The predicted octanol–water partition coefficient (Wildman–Crippen LogP) is -0.101. The zero-order chi connectivity index (χ0) is 17.6. The van der Waals surface area contributed by atoms with Gasteiger partial charge in [0, 0.05) is 17.6 Å². The predicted molar refractivity (Wildman–Crippen MR) is 81.5 cm³/mol. The molecular weight excluding hydrogens is 333 g/mol. The molecule has 0 amide bonds. The smallest absolute Gasteiger partial charge is 0.387 e. The van der Waals surface area contributed by atoms with Crippen molar-refractivity contribution in [3.05, 3.63) is 69.8 Å². The minimum atomic E-state index is -1.05. The molecule has 4 heterocycles. The Balaban J connectivity index is 1.85. The highest BCUT2D eigenvalue weighted by molar-refractivity contribution is 5.79. The van der Waals surface area contributed by atoms with Gasteiger partial charge in [-0.25, -0.2) is 18.9 Å². The maximum absolute atomic E-state index is 13.3. The number of aromatic nitrogens is 7. The highest BCUT2D eigenvalue weighted by Crippen LogP contribution is 2.16. The minimum Gasteiger partial charge on any atom is -0.421 e. The first-order chi connectivity index (χ1) is 12.0. The third-order valence-corrected chi connectivity index (χ3v) is 3.40. The number of pyridine rings is 2. The maximum Gasteiger partial charge on any atom is 0.387 e. The van der Waals surface area contributed by atoms with Gasteiger partial charge in [-0.3, -0.25) is 9.78 Å². The van der Waals surface area contributed by atoms with Crippen LogP contribution >= 0.6 is 0 Å². The van der Waals surface area contributed by atoms with Gasteiger partial charge in [-0.05, 0) is 6.07 Å². The normalized spacial score (nSPS) is 11.1. The molecule has 4 aromatic rings. The lowest BCUT2D eigenvalue weighted by molar-refractivity contribution is 0.154. The number of halogens is 1. The van der Waals surface area contributed by atoms with Gasteiger partial charge in [-0.15, -0.1) is 0 Å². The summed E-state index contributed by atoms with van der Waals surface area (Å²) >= 11 is 0. The average molecular weight is 341 g/mol. The molecule has 0 saturated carbocycles. The summed E-state index contributed by atoms with van der Waals surface area (Å²) in [4.78, 5) is 30.9. The fraction of sp³-hybridized carbons (Fsp3) is 0. The molecule has 4 rings (SSSR count). The van der Waals surface area contributed by atoms with Crippen LogP contribution < -0.4 is 11.2 Å². The summed E-state index contributed by atoms with van der Waals surface area (Å²) in [5.41, 5.74) is -1.11. The summed E-state index contributed by atoms with van der Waals surface area (Å²) in [6.45, 7) is 0. The number of fused-ring (bicyclic) bond motifs is 1. The van der Waals surface area contributed by atoms with Gasteiger partial charge in [-0.1, -0.05) is 4.73 Å². The summed E-state index contributed by atoms with van der Waals surface area (Å²) in [7, 11) is 0. The summed E-state index contributed by atoms with van der Waals surface area (Å²) in [6.07, 6.45) is 6.28. The second-order valence-corrected chi connectivity index (χ2v) is 5.03. The summed E-state index contributed by atoms with van der Waals surface area (Å²) in [5.74, 6) is -0.422. The first-order valence-corrected chi connectivity index (χ1v) is 6.90. The Morgan fingerprint density at radius 1 is 1.08 bits per heavy atom. The molecule has 0 atom stereocenters. The van der Waals surface area contributed by atoms with Crippen molar-refractivity contribution in [2.45, 2.75) is 0 Å². The lowest BCUT2D eigenvalue weighted by Crippen LogP contribution is -2.39. The van der Waals surface area contributed by atoms with Crippen LogP contribution in [0.2, 0.25) is 0 Å². The van der Waals surface area contributed by atoms with Crippen molar-refractivity contribution in [3.63, 3.8) is 0 Å². The number of hydrogen-bond acceptors (Lipinski definition) is 7. The monoisotopic (exact) mass is 341 g/mol. The van der Waals surface area contributed by atoms with Gasteiger partial charge < -0.3 is 5.21 Å². The topological polar surface area (TPSA) is 121 Å². The van der Waals surface area contributed by atoms with Crippen molar-refractivity contribution in [1.29, 1.82) is 0 Å². The Bertz CT molecular complexity index is 1230. The van der Waals surface area contributed by atoms with E-state index in [1.807, 2.05) is 0 Å². The van der Waals surface area contributed by atoms with Crippen molar-refractivity contribution in [2.75, 3.05) is 0 Å². The van der Waals surface area contributed by atoms with E-state index in [4.69, 9.17) is 0 Å². The summed E-state index contributed by atoms with van der Waals surface area (Å²) in [6, 6.07) is 2.76. The van der Waals surface area contributed by atoms with Crippen molar-refractivity contribution in [1.82, 2.24) is 34.3 Å². The van der Waals surface area contributed by atoms with E-state index in [1.54, 1.807) is 6.20 Å². The van der Waals surface area contributed by atoms with Gasteiger partial charge in [0.1, 0.15) is 17.5 Å². The Hall–Kier alpha value is -3.89. The maximum atomic E-state index is 13.3. The van der Waals surface area contributed by atoms with Crippen LogP contribution in [0, 0.1) is 5.82 Å². The van der Waals surface area contributed by atoms with Gasteiger partial charge in [0.15, 0.2) is 5.82 Å². The molecule has 0 aromatic carbocycles. The molecule has 0 bridgehead atoms. The van der Waals surface area contributed by atoms with E-state index in [-0.39, 0.29) is 10.5 Å². The van der Waals surface area contributed by atoms with E-state index in [9.17, 15) is 19.2 Å². The van der Waals surface area contributed by atoms with E-state index < -0.39 is 17.1 Å². The van der Waals surface area contributed by atoms with Crippen LogP contribution in [-0.2, 0) is 0 Å².